The second-order valence-electron chi connectivity index (χ2n) is 6.53. The number of ether oxygens (including phenoxy) is 1. The van der Waals surface area contributed by atoms with Gasteiger partial charge < -0.3 is 15.0 Å². The van der Waals surface area contributed by atoms with Crippen LogP contribution in [0.25, 0.3) is 0 Å². The lowest BCUT2D eigenvalue weighted by Gasteiger charge is -2.31. The quantitative estimate of drug-likeness (QED) is 0.771. The summed E-state index contributed by atoms with van der Waals surface area (Å²) >= 11 is 5.88. The molecule has 9 heteroatoms. The number of halogens is 1. The summed E-state index contributed by atoms with van der Waals surface area (Å²) in [5.41, 5.74) is 0.398. The molecule has 1 saturated heterocycles. The van der Waals surface area contributed by atoms with Crippen LogP contribution in [0.5, 0.6) is 5.75 Å². The predicted octanol–water partition coefficient (Wildman–Crippen LogP) is 2.29. The van der Waals surface area contributed by atoms with Crippen molar-refractivity contribution < 1.29 is 17.9 Å². The van der Waals surface area contributed by atoms with Crippen molar-refractivity contribution in [2.75, 3.05) is 45.2 Å². The molecule has 0 unspecified atom stereocenters. The van der Waals surface area contributed by atoms with Crippen molar-refractivity contribution in [3.05, 3.63) is 53.6 Å². The Bertz CT molecular complexity index is 944. The van der Waals surface area contributed by atoms with Crippen molar-refractivity contribution in [2.45, 2.75) is 4.90 Å². The predicted molar refractivity (Wildman–Crippen MR) is 108 cm³/mol. The molecule has 1 N–H and O–H groups in total. The molecule has 0 atom stereocenters. The molecule has 1 aliphatic heterocycles. The van der Waals surface area contributed by atoms with Gasteiger partial charge in [0.2, 0.25) is 10.0 Å². The Kier molecular flexibility index (Phi) is 6.56. The number of hydrogen-bond donors (Lipinski definition) is 1. The van der Waals surface area contributed by atoms with Crippen molar-refractivity contribution >= 4 is 33.2 Å². The lowest BCUT2D eigenvalue weighted by molar-refractivity contribution is -0.118. The Morgan fingerprint density at radius 3 is 2.54 bits per heavy atom. The van der Waals surface area contributed by atoms with Gasteiger partial charge in [-0.1, -0.05) is 23.7 Å². The van der Waals surface area contributed by atoms with Gasteiger partial charge in [0.25, 0.3) is 5.91 Å². The Morgan fingerprint density at radius 2 is 1.82 bits per heavy atom. The van der Waals surface area contributed by atoms with Crippen LogP contribution in [0.3, 0.4) is 0 Å². The van der Waals surface area contributed by atoms with Crippen LogP contribution in [-0.4, -0.2) is 63.4 Å². The molecule has 0 aliphatic carbocycles. The van der Waals surface area contributed by atoms with Crippen molar-refractivity contribution in [3.63, 3.8) is 0 Å². The first-order valence-corrected chi connectivity index (χ1v) is 10.6. The molecule has 3 rings (SSSR count). The van der Waals surface area contributed by atoms with Gasteiger partial charge in [-0.05, 0) is 43.4 Å². The molecule has 0 radical (unpaired) electrons. The molecule has 28 heavy (non-hydrogen) atoms. The Morgan fingerprint density at radius 1 is 1.11 bits per heavy atom. The molecule has 2 aromatic carbocycles. The van der Waals surface area contributed by atoms with Crippen LogP contribution in [0.1, 0.15) is 0 Å². The minimum absolute atomic E-state index is 0.158. The molecule has 2 aromatic rings. The summed E-state index contributed by atoms with van der Waals surface area (Å²) < 4.78 is 32.5. The maximum atomic E-state index is 12.8. The molecule has 1 amide bonds. The molecule has 1 fully saturated rings. The molecule has 0 aromatic heterocycles. The van der Waals surface area contributed by atoms with Crippen molar-refractivity contribution in [1.82, 2.24) is 9.21 Å². The molecule has 1 heterocycles. The van der Waals surface area contributed by atoms with Crippen LogP contribution in [0, 0.1) is 0 Å². The third-order valence-corrected chi connectivity index (χ3v) is 6.51. The summed E-state index contributed by atoms with van der Waals surface area (Å²) in [6.45, 7) is 2.06. The first-order valence-electron chi connectivity index (χ1n) is 8.81. The lowest BCUT2D eigenvalue weighted by Crippen LogP contribution is -2.47. The fourth-order valence-electron chi connectivity index (χ4n) is 2.81. The van der Waals surface area contributed by atoms with E-state index in [1.54, 1.807) is 36.4 Å². The van der Waals surface area contributed by atoms with Crippen LogP contribution in [0.2, 0.25) is 5.02 Å². The fourth-order valence-corrected chi connectivity index (χ4v) is 4.46. The highest BCUT2D eigenvalue weighted by Crippen LogP contribution is 2.21. The molecule has 7 nitrogen and oxygen atoms in total. The number of benzene rings is 2. The number of nitrogens with one attached hydrogen (secondary N) is 1. The molecule has 0 bridgehead atoms. The van der Waals surface area contributed by atoms with E-state index < -0.39 is 15.9 Å². The van der Waals surface area contributed by atoms with E-state index >= 15 is 0 Å². The number of amides is 1. The molecule has 0 spiro atoms. The largest absolute Gasteiger partial charge is 0.484 e. The number of rotatable bonds is 6. The van der Waals surface area contributed by atoms with Crippen LogP contribution in [0.15, 0.2) is 53.4 Å². The zero-order chi connectivity index (χ0) is 20.1. The number of carbonyl (C=O) groups is 1. The fraction of sp³-hybridized carbons (Fsp3) is 0.316. The van der Waals surface area contributed by atoms with E-state index in [4.69, 9.17) is 16.3 Å². The molecule has 0 saturated carbocycles. The van der Waals surface area contributed by atoms with Gasteiger partial charge in [0.05, 0.1) is 4.90 Å². The van der Waals surface area contributed by atoms with E-state index in [9.17, 15) is 13.2 Å². The van der Waals surface area contributed by atoms with Crippen LogP contribution < -0.4 is 10.1 Å². The van der Waals surface area contributed by atoms with Crippen molar-refractivity contribution in [2.24, 2.45) is 0 Å². The van der Waals surface area contributed by atoms with E-state index in [1.807, 2.05) is 7.05 Å². The zero-order valence-electron chi connectivity index (χ0n) is 15.5. The first kappa shape index (κ1) is 20.6. The number of anilines is 1. The number of likely N-dealkylation sites (N-methyl/N-ethyl adjacent to an activating group) is 1. The summed E-state index contributed by atoms with van der Waals surface area (Å²) in [4.78, 5) is 14.4. The average molecular weight is 424 g/mol. The lowest BCUT2D eigenvalue weighted by atomic mass is 10.3. The summed E-state index contributed by atoms with van der Waals surface area (Å²) in [7, 11) is -1.63. The first-order chi connectivity index (χ1) is 13.3. The Labute approximate surface area is 169 Å². The van der Waals surface area contributed by atoms with Gasteiger partial charge in [-0.3, -0.25) is 4.79 Å². The number of hydrogen-bond acceptors (Lipinski definition) is 5. The van der Waals surface area contributed by atoms with Crippen molar-refractivity contribution in [3.8, 4) is 5.75 Å². The topological polar surface area (TPSA) is 79.0 Å². The smallest absolute Gasteiger partial charge is 0.262 e. The second-order valence-corrected chi connectivity index (χ2v) is 8.90. The standard InChI is InChI=1S/C19H22ClN3O4S/c1-22-8-10-23(11-9-22)28(25,26)18-7-3-5-16(13-18)21-19(24)14-27-17-6-2-4-15(20)12-17/h2-7,12-13H,8-11,14H2,1H3,(H,21,24). The highest BCUT2D eigenvalue weighted by Gasteiger charge is 2.27. The molecule has 1 aliphatic rings. The summed E-state index contributed by atoms with van der Waals surface area (Å²) in [6, 6.07) is 13.0. The van der Waals surface area contributed by atoms with Gasteiger partial charge in [-0.25, -0.2) is 8.42 Å². The van der Waals surface area contributed by atoms with E-state index in [-0.39, 0.29) is 11.5 Å². The maximum absolute atomic E-state index is 12.8. The normalized spacial score (nSPS) is 15.9. The summed E-state index contributed by atoms with van der Waals surface area (Å²) in [5, 5.41) is 3.17. The SMILES string of the molecule is CN1CCN(S(=O)(=O)c2cccc(NC(=O)COc3cccc(Cl)c3)c2)CC1. The average Bonchev–Trinajstić information content (AvgIpc) is 2.67. The van der Waals surface area contributed by atoms with Gasteiger partial charge in [0.15, 0.2) is 6.61 Å². The number of piperazine rings is 1. The van der Waals surface area contributed by atoms with E-state index in [0.29, 0.717) is 42.6 Å². The summed E-state index contributed by atoms with van der Waals surface area (Å²) in [5.74, 6) is 0.0863. The number of nitrogens with zero attached hydrogens (tertiary/aromatic N) is 2. The minimum atomic E-state index is -3.59. The maximum Gasteiger partial charge on any atom is 0.262 e. The van der Waals surface area contributed by atoms with E-state index in [0.717, 1.165) is 0 Å². The van der Waals surface area contributed by atoms with E-state index in [1.165, 1.54) is 16.4 Å². The molecular weight excluding hydrogens is 402 g/mol. The number of carbonyl (C=O) groups excluding carboxylic acids is 1. The molecule has 150 valence electrons. The van der Waals surface area contributed by atoms with Gasteiger partial charge in [0, 0.05) is 36.9 Å². The second kappa shape index (κ2) is 8.91. The Hall–Kier alpha value is -2.13. The molecular formula is C19H22ClN3O4S. The van der Waals surface area contributed by atoms with Gasteiger partial charge in [-0.2, -0.15) is 4.31 Å². The zero-order valence-corrected chi connectivity index (χ0v) is 17.0. The Balaban J connectivity index is 1.63. The highest BCUT2D eigenvalue weighted by molar-refractivity contribution is 7.89. The number of sulfonamides is 1. The third kappa shape index (κ3) is 5.23. The third-order valence-electron chi connectivity index (χ3n) is 4.38. The van der Waals surface area contributed by atoms with Gasteiger partial charge >= 0.3 is 0 Å². The van der Waals surface area contributed by atoms with Crippen LogP contribution >= 0.6 is 11.6 Å². The van der Waals surface area contributed by atoms with Crippen molar-refractivity contribution in [1.29, 1.82) is 0 Å². The van der Waals surface area contributed by atoms with Gasteiger partial charge in [-0.15, -0.1) is 0 Å². The highest BCUT2D eigenvalue weighted by atomic mass is 35.5. The summed E-state index contributed by atoms with van der Waals surface area (Å²) in [6.07, 6.45) is 0. The van der Waals surface area contributed by atoms with Crippen LogP contribution in [0.4, 0.5) is 5.69 Å². The van der Waals surface area contributed by atoms with Gasteiger partial charge in [0.1, 0.15) is 5.75 Å². The van der Waals surface area contributed by atoms with Crippen LogP contribution in [-0.2, 0) is 14.8 Å². The van der Waals surface area contributed by atoms with E-state index in [2.05, 4.69) is 10.2 Å². The minimum Gasteiger partial charge on any atom is -0.484 e. The monoisotopic (exact) mass is 423 g/mol.